The van der Waals surface area contributed by atoms with Crippen LogP contribution in [0.1, 0.15) is 31.2 Å². The van der Waals surface area contributed by atoms with E-state index in [1.165, 1.54) is 17.3 Å². The molecule has 2 unspecified atom stereocenters. The Balaban J connectivity index is 1.57. The van der Waals surface area contributed by atoms with Crippen molar-refractivity contribution in [3.63, 3.8) is 0 Å². The molecule has 0 aliphatic rings. The Kier molecular flexibility index (Phi) is 7.17. The maximum Gasteiger partial charge on any atom is 0.277 e. The second kappa shape index (κ2) is 9.80. The lowest BCUT2D eigenvalue weighted by molar-refractivity contribution is -0.115. The fourth-order valence-corrected chi connectivity index (χ4v) is 3.97. The average Bonchev–Trinajstić information content (AvgIpc) is 3.15. The van der Waals surface area contributed by atoms with Crippen LogP contribution in [0.4, 0.5) is 5.69 Å². The van der Waals surface area contributed by atoms with Gasteiger partial charge in [0.2, 0.25) is 11.8 Å². The van der Waals surface area contributed by atoms with Gasteiger partial charge in [0, 0.05) is 11.3 Å². The Labute approximate surface area is 173 Å². The molecule has 0 fully saturated rings. The lowest BCUT2D eigenvalue weighted by Gasteiger charge is -2.12. The van der Waals surface area contributed by atoms with Gasteiger partial charge in [0.1, 0.15) is 0 Å². The van der Waals surface area contributed by atoms with Crippen LogP contribution >= 0.6 is 23.5 Å². The number of nitrogens with one attached hydrogen (secondary N) is 1. The molecule has 0 bridgehead atoms. The molecule has 0 radical (unpaired) electrons. The molecule has 5 nitrogen and oxygen atoms in total. The summed E-state index contributed by atoms with van der Waals surface area (Å²) in [4.78, 5) is 13.6. The average molecular weight is 414 g/mol. The first kappa shape index (κ1) is 20.5. The second-order valence-corrected chi connectivity index (χ2v) is 8.57. The van der Waals surface area contributed by atoms with E-state index in [-0.39, 0.29) is 17.1 Å². The number of thioether (sulfide) groups is 2. The molecule has 1 aromatic heterocycles. The van der Waals surface area contributed by atoms with E-state index >= 15 is 0 Å². The van der Waals surface area contributed by atoms with Crippen LogP contribution < -0.4 is 5.32 Å². The first-order chi connectivity index (χ1) is 13.6. The zero-order valence-corrected chi connectivity index (χ0v) is 17.7. The number of nitrogens with zero attached hydrogens (tertiary/aromatic N) is 2. The van der Waals surface area contributed by atoms with Gasteiger partial charge in [-0.05, 0) is 36.8 Å². The van der Waals surface area contributed by atoms with Gasteiger partial charge in [-0.1, -0.05) is 61.2 Å². The summed E-state index contributed by atoms with van der Waals surface area (Å²) in [6, 6.07) is 18.0. The maximum absolute atomic E-state index is 12.5. The van der Waals surface area contributed by atoms with Gasteiger partial charge >= 0.3 is 0 Å². The van der Waals surface area contributed by atoms with Crippen molar-refractivity contribution in [2.24, 2.45) is 0 Å². The summed E-state index contributed by atoms with van der Waals surface area (Å²) in [6.07, 6.45) is 2.65. The number of hydrogen-bond donors (Lipinski definition) is 1. The monoisotopic (exact) mass is 413 g/mol. The zero-order valence-electron chi connectivity index (χ0n) is 16.1. The summed E-state index contributed by atoms with van der Waals surface area (Å²) < 4.78 is 5.75. The van der Waals surface area contributed by atoms with Crippen LogP contribution in [0.15, 0.2) is 69.1 Å². The van der Waals surface area contributed by atoms with Crippen molar-refractivity contribution < 1.29 is 9.21 Å². The summed E-state index contributed by atoms with van der Waals surface area (Å²) in [5, 5.41) is 11.3. The van der Waals surface area contributed by atoms with Crippen molar-refractivity contribution >= 4 is 35.1 Å². The van der Waals surface area contributed by atoms with Crippen LogP contribution in [0.3, 0.4) is 0 Å². The highest BCUT2D eigenvalue weighted by Crippen LogP contribution is 2.28. The normalized spacial score (nSPS) is 13.1. The van der Waals surface area contributed by atoms with E-state index < -0.39 is 0 Å². The highest BCUT2D eigenvalue weighted by Gasteiger charge is 2.20. The molecule has 146 valence electrons. The first-order valence-corrected chi connectivity index (χ1v) is 11.1. The number of benzene rings is 2. The van der Waals surface area contributed by atoms with Gasteiger partial charge in [0.15, 0.2) is 0 Å². The molecule has 2 aromatic carbocycles. The van der Waals surface area contributed by atoms with Gasteiger partial charge in [-0.25, -0.2) is 0 Å². The Bertz CT molecular complexity index is 915. The van der Waals surface area contributed by atoms with Gasteiger partial charge in [-0.3, -0.25) is 4.79 Å². The van der Waals surface area contributed by atoms with E-state index in [0.717, 1.165) is 10.6 Å². The molecule has 1 amide bonds. The molecular formula is C21H23N3O2S2. The third-order valence-corrected chi connectivity index (χ3v) is 6.04. The number of carbonyl (C=O) groups excluding carboxylic acids is 1. The van der Waals surface area contributed by atoms with E-state index in [1.54, 1.807) is 11.8 Å². The predicted octanol–water partition coefficient (Wildman–Crippen LogP) is 5.26. The Morgan fingerprint density at radius 2 is 1.79 bits per heavy atom. The summed E-state index contributed by atoms with van der Waals surface area (Å²) in [5.41, 5.74) is 2.05. The van der Waals surface area contributed by atoms with Gasteiger partial charge in [0.25, 0.3) is 5.22 Å². The quantitative estimate of drug-likeness (QED) is 0.508. The summed E-state index contributed by atoms with van der Waals surface area (Å²) in [6.45, 7) is 3.96. The van der Waals surface area contributed by atoms with Crippen LogP contribution in [0.2, 0.25) is 0 Å². The predicted molar refractivity (Wildman–Crippen MR) is 115 cm³/mol. The van der Waals surface area contributed by atoms with Gasteiger partial charge in [0.05, 0.1) is 10.9 Å². The van der Waals surface area contributed by atoms with Crippen LogP contribution in [-0.2, 0) is 11.2 Å². The molecule has 0 aliphatic carbocycles. The number of carbonyl (C=O) groups is 1. The first-order valence-electron chi connectivity index (χ1n) is 9.04. The van der Waals surface area contributed by atoms with Crippen LogP contribution in [0.5, 0.6) is 0 Å². The van der Waals surface area contributed by atoms with Gasteiger partial charge < -0.3 is 9.73 Å². The number of para-hydroxylation sites is 1. The van der Waals surface area contributed by atoms with E-state index in [2.05, 4.69) is 34.6 Å². The van der Waals surface area contributed by atoms with Crippen molar-refractivity contribution in [2.75, 3.05) is 11.6 Å². The van der Waals surface area contributed by atoms with Crippen molar-refractivity contribution in [2.45, 2.75) is 41.6 Å². The molecule has 2 atom stereocenters. The van der Waals surface area contributed by atoms with Gasteiger partial charge in [-0.2, -0.15) is 0 Å². The highest BCUT2D eigenvalue weighted by molar-refractivity contribution is 8.00. The molecule has 1 heterocycles. The van der Waals surface area contributed by atoms with E-state index in [9.17, 15) is 4.79 Å². The third kappa shape index (κ3) is 5.39. The summed E-state index contributed by atoms with van der Waals surface area (Å²) >= 11 is 2.87. The van der Waals surface area contributed by atoms with Crippen molar-refractivity contribution in [1.29, 1.82) is 0 Å². The van der Waals surface area contributed by atoms with Crippen molar-refractivity contribution in [1.82, 2.24) is 10.2 Å². The smallest absolute Gasteiger partial charge is 0.277 e. The Morgan fingerprint density at radius 3 is 2.54 bits per heavy atom. The second-order valence-electron chi connectivity index (χ2n) is 6.43. The number of anilines is 1. The number of rotatable bonds is 8. The van der Waals surface area contributed by atoms with E-state index in [0.29, 0.717) is 17.5 Å². The molecule has 0 saturated heterocycles. The summed E-state index contributed by atoms with van der Waals surface area (Å²) in [5.74, 6) is 0.770. The minimum atomic E-state index is -0.352. The highest BCUT2D eigenvalue weighted by atomic mass is 32.2. The van der Waals surface area contributed by atoms with Crippen LogP contribution in [0.25, 0.3) is 0 Å². The Hall–Kier alpha value is -2.25. The van der Waals surface area contributed by atoms with Crippen molar-refractivity contribution in [3.05, 3.63) is 66.1 Å². The third-order valence-electron chi connectivity index (χ3n) is 4.31. The molecule has 7 heteroatoms. The molecule has 0 saturated carbocycles. The Morgan fingerprint density at radius 1 is 1.07 bits per heavy atom. The topological polar surface area (TPSA) is 68.0 Å². The molecule has 0 aliphatic heterocycles. The molecular weight excluding hydrogens is 390 g/mol. The lowest BCUT2D eigenvalue weighted by Crippen LogP contribution is -2.22. The van der Waals surface area contributed by atoms with E-state index in [1.807, 2.05) is 55.6 Å². The lowest BCUT2D eigenvalue weighted by atomic mass is 9.98. The zero-order chi connectivity index (χ0) is 19.9. The summed E-state index contributed by atoms with van der Waals surface area (Å²) in [7, 11) is 0. The minimum Gasteiger partial charge on any atom is -0.416 e. The van der Waals surface area contributed by atoms with Crippen molar-refractivity contribution in [3.8, 4) is 0 Å². The molecule has 0 spiro atoms. The molecule has 1 N–H and O–H groups in total. The fraction of sp³-hybridized carbons (Fsp3) is 0.286. The fourth-order valence-electron chi connectivity index (χ4n) is 2.72. The SMILES string of the molecule is CSc1ccccc1NC(=O)C(C)Sc1nnc(CC(C)c2ccccc2)o1. The molecule has 3 aromatic rings. The minimum absolute atomic E-state index is 0.0936. The van der Waals surface area contributed by atoms with Crippen LogP contribution in [-0.4, -0.2) is 27.6 Å². The van der Waals surface area contributed by atoms with E-state index in [4.69, 9.17) is 4.42 Å². The number of aromatic nitrogens is 2. The van der Waals surface area contributed by atoms with Gasteiger partial charge in [-0.15, -0.1) is 22.0 Å². The molecule has 3 rings (SSSR count). The standard InChI is InChI=1S/C21H23N3O2S2/c1-14(16-9-5-4-6-10-16)13-19-23-24-21(26-19)28-15(2)20(25)22-17-11-7-8-12-18(17)27-3/h4-12,14-15H,13H2,1-3H3,(H,22,25). The number of hydrogen-bond acceptors (Lipinski definition) is 6. The van der Waals surface area contributed by atoms with Crippen LogP contribution in [0, 0.1) is 0 Å². The largest absolute Gasteiger partial charge is 0.416 e. The maximum atomic E-state index is 12.5. The molecule has 28 heavy (non-hydrogen) atoms. The number of amides is 1.